The van der Waals surface area contributed by atoms with Crippen LogP contribution in [0.15, 0.2) is 53.8 Å². The number of benzene rings is 2. The van der Waals surface area contributed by atoms with Crippen LogP contribution in [0.4, 0.5) is 10.2 Å². The number of aryl methyl sites for hydroxylation is 2. The zero-order chi connectivity index (χ0) is 23.1. The van der Waals surface area contributed by atoms with E-state index < -0.39 is 5.82 Å². The van der Waals surface area contributed by atoms with E-state index >= 15 is 0 Å². The standard InChI is InChI=1S/C24H22FN7O/c1-4-17(30-22-19-21(27-11-26-19)28-12-29-22)23-31-18-9-8-15(25)10-16(18)24(33)32(23)20-13(2)6-5-7-14(20)3/h5-12,17H,4H2,1-3H3,(H2,26,27,28,29,30)/t17-/m0/s1. The van der Waals surface area contributed by atoms with Crippen molar-refractivity contribution in [3.8, 4) is 5.69 Å². The van der Waals surface area contributed by atoms with Crippen LogP contribution in [0.3, 0.4) is 0 Å². The minimum absolute atomic E-state index is 0.231. The van der Waals surface area contributed by atoms with Gasteiger partial charge >= 0.3 is 0 Å². The molecule has 0 fully saturated rings. The van der Waals surface area contributed by atoms with E-state index in [1.54, 1.807) is 10.9 Å². The van der Waals surface area contributed by atoms with E-state index in [1.807, 2.05) is 39.0 Å². The maximum Gasteiger partial charge on any atom is 0.266 e. The lowest BCUT2D eigenvalue weighted by Crippen LogP contribution is -2.29. The summed E-state index contributed by atoms with van der Waals surface area (Å²) in [5.74, 6) is 0.603. The minimum atomic E-state index is -0.477. The highest BCUT2D eigenvalue weighted by atomic mass is 19.1. The van der Waals surface area contributed by atoms with Crippen molar-refractivity contribution in [3.05, 3.63) is 82.2 Å². The van der Waals surface area contributed by atoms with Crippen molar-refractivity contribution in [1.29, 1.82) is 0 Å². The Balaban J connectivity index is 1.78. The summed E-state index contributed by atoms with van der Waals surface area (Å²) < 4.78 is 15.6. The van der Waals surface area contributed by atoms with Crippen molar-refractivity contribution in [2.24, 2.45) is 0 Å². The van der Waals surface area contributed by atoms with Gasteiger partial charge in [-0.1, -0.05) is 25.1 Å². The van der Waals surface area contributed by atoms with Crippen LogP contribution in [0.5, 0.6) is 0 Å². The Morgan fingerprint density at radius 3 is 2.67 bits per heavy atom. The number of fused-ring (bicyclic) bond motifs is 2. The van der Waals surface area contributed by atoms with Crippen molar-refractivity contribution in [1.82, 2.24) is 29.5 Å². The molecule has 5 rings (SSSR count). The third-order valence-electron chi connectivity index (χ3n) is 5.77. The number of hydrogen-bond donors (Lipinski definition) is 2. The fraction of sp³-hybridized carbons (Fsp3) is 0.208. The van der Waals surface area contributed by atoms with Crippen molar-refractivity contribution in [3.63, 3.8) is 0 Å². The molecule has 0 radical (unpaired) electrons. The summed E-state index contributed by atoms with van der Waals surface area (Å²) >= 11 is 0. The number of aromatic nitrogens is 6. The Kier molecular flexibility index (Phi) is 5.08. The van der Waals surface area contributed by atoms with Crippen LogP contribution in [0, 0.1) is 19.7 Å². The minimum Gasteiger partial charge on any atom is -0.358 e. The number of hydrogen-bond acceptors (Lipinski definition) is 6. The Morgan fingerprint density at radius 2 is 1.91 bits per heavy atom. The molecular formula is C24H22FN7O. The van der Waals surface area contributed by atoms with Gasteiger partial charge in [0.1, 0.15) is 23.5 Å². The molecule has 9 heteroatoms. The average Bonchev–Trinajstić information content (AvgIpc) is 3.29. The molecule has 0 saturated carbocycles. The van der Waals surface area contributed by atoms with Crippen LogP contribution in [-0.2, 0) is 0 Å². The van der Waals surface area contributed by atoms with E-state index in [9.17, 15) is 9.18 Å². The smallest absolute Gasteiger partial charge is 0.266 e. The first-order valence-corrected chi connectivity index (χ1v) is 10.7. The van der Waals surface area contributed by atoms with Crippen LogP contribution >= 0.6 is 0 Å². The molecule has 0 aliphatic rings. The van der Waals surface area contributed by atoms with Gasteiger partial charge in [0.05, 0.1) is 29.0 Å². The van der Waals surface area contributed by atoms with Crippen LogP contribution in [0.1, 0.15) is 36.3 Å². The van der Waals surface area contributed by atoms with Crippen LogP contribution in [0.2, 0.25) is 0 Å². The first-order chi connectivity index (χ1) is 16.0. The second-order valence-corrected chi connectivity index (χ2v) is 7.94. The average molecular weight is 443 g/mol. The zero-order valence-electron chi connectivity index (χ0n) is 18.4. The van der Waals surface area contributed by atoms with Crippen molar-refractivity contribution < 1.29 is 4.39 Å². The van der Waals surface area contributed by atoms with Crippen LogP contribution in [0.25, 0.3) is 27.8 Å². The van der Waals surface area contributed by atoms with Gasteiger partial charge in [0, 0.05) is 0 Å². The van der Waals surface area contributed by atoms with Crippen LogP contribution < -0.4 is 10.9 Å². The van der Waals surface area contributed by atoms with Gasteiger partial charge in [0.2, 0.25) is 0 Å². The molecule has 8 nitrogen and oxygen atoms in total. The first-order valence-electron chi connectivity index (χ1n) is 10.7. The van der Waals surface area contributed by atoms with Gasteiger partial charge in [0.15, 0.2) is 11.5 Å². The molecule has 0 bridgehead atoms. The quantitative estimate of drug-likeness (QED) is 0.418. The number of nitrogens with one attached hydrogen (secondary N) is 2. The molecule has 0 unspecified atom stereocenters. The number of nitrogens with zero attached hydrogens (tertiary/aromatic N) is 5. The molecule has 0 spiro atoms. The molecule has 2 N–H and O–H groups in total. The largest absolute Gasteiger partial charge is 0.358 e. The third kappa shape index (κ3) is 3.51. The summed E-state index contributed by atoms with van der Waals surface area (Å²) in [5, 5.41) is 3.64. The zero-order valence-corrected chi connectivity index (χ0v) is 18.4. The topological polar surface area (TPSA) is 101 Å². The van der Waals surface area contributed by atoms with Gasteiger partial charge in [-0.15, -0.1) is 0 Å². The van der Waals surface area contributed by atoms with E-state index in [1.165, 1.54) is 24.5 Å². The summed E-state index contributed by atoms with van der Waals surface area (Å²) in [4.78, 5) is 34.3. The highest BCUT2D eigenvalue weighted by Crippen LogP contribution is 2.28. The number of anilines is 1. The lowest BCUT2D eigenvalue weighted by molar-refractivity contribution is 0.627. The lowest BCUT2D eigenvalue weighted by Gasteiger charge is -2.24. The predicted molar refractivity (Wildman–Crippen MR) is 125 cm³/mol. The monoisotopic (exact) mass is 443 g/mol. The Bertz CT molecular complexity index is 1540. The molecule has 1 atom stereocenters. The summed E-state index contributed by atoms with van der Waals surface area (Å²) in [5.41, 5.74) is 3.91. The number of aromatic amines is 1. The Morgan fingerprint density at radius 1 is 1.12 bits per heavy atom. The molecule has 3 heterocycles. The van der Waals surface area contributed by atoms with E-state index in [2.05, 4.69) is 25.3 Å². The molecule has 0 aliphatic carbocycles. The van der Waals surface area contributed by atoms with E-state index in [0.29, 0.717) is 34.7 Å². The highest BCUT2D eigenvalue weighted by Gasteiger charge is 2.23. The highest BCUT2D eigenvalue weighted by molar-refractivity contribution is 5.82. The second kappa shape index (κ2) is 8.09. The normalized spacial score (nSPS) is 12.4. The fourth-order valence-corrected chi connectivity index (χ4v) is 4.17. The number of para-hydroxylation sites is 1. The van der Waals surface area contributed by atoms with Gasteiger partial charge in [-0.3, -0.25) is 9.36 Å². The summed E-state index contributed by atoms with van der Waals surface area (Å²) in [7, 11) is 0. The first kappa shape index (κ1) is 20.7. The van der Waals surface area contributed by atoms with Gasteiger partial charge in [-0.25, -0.2) is 24.3 Å². The second-order valence-electron chi connectivity index (χ2n) is 7.94. The molecule has 0 amide bonds. The molecule has 2 aromatic carbocycles. The molecule has 166 valence electrons. The molecule has 3 aromatic heterocycles. The molecular weight excluding hydrogens is 421 g/mol. The van der Waals surface area contributed by atoms with Crippen molar-refractivity contribution >= 4 is 27.9 Å². The van der Waals surface area contributed by atoms with Crippen LogP contribution in [-0.4, -0.2) is 29.5 Å². The van der Waals surface area contributed by atoms with Gasteiger partial charge in [0.25, 0.3) is 5.56 Å². The Hall–Kier alpha value is -4.14. The number of halogens is 1. The van der Waals surface area contributed by atoms with Gasteiger partial charge in [-0.05, 0) is 49.6 Å². The Labute approximate surface area is 188 Å². The van der Waals surface area contributed by atoms with E-state index in [4.69, 9.17) is 4.98 Å². The molecule has 0 aliphatic heterocycles. The molecule has 33 heavy (non-hydrogen) atoms. The maximum atomic E-state index is 14.0. The molecule has 5 aromatic rings. The lowest BCUT2D eigenvalue weighted by atomic mass is 10.1. The van der Waals surface area contributed by atoms with E-state index in [0.717, 1.165) is 16.8 Å². The maximum absolute atomic E-state index is 14.0. The van der Waals surface area contributed by atoms with Gasteiger partial charge in [-0.2, -0.15) is 0 Å². The SMILES string of the molecule is CC[C@H](Nc1ncnc2nc[nH]c12)c1nc2ccc(F)cc2c(=O)n1-c1c(C)cccc1C. The summed E-state index contributed by atoms with van der Waals surface area (Å²) in [6, 6.07) is 9.56. The number of imidazole rings is 1. The third-order valence-corrected chi connectivity index (χ3v) is 5.77. The summed E-state index contributed by atoms with van der Waals surface area (Å²) in [6.07, 6.45) is 3.61. The summed E-state index contributed by atoms with van der Waals surface area (Å²) in [6.45, 7) is 5.89. The predicted octanol–water partition coefficient (Wildman–Crippen LogP) is 4.37. The van der Waals surface area contributed by atoms with Gasteiger partial charge < -0.3 is 10.3 Å². The van der Waals surface area contributed by atoms with Crippen molar-refractivity contribution in [2.45, 2.75) is 33.2 Å². The van der Waals surface area contributed by atoms with Crippen molar-refractivity contribution in [2.75, 3.05) is 5.32 Å². The number of rotatable bonds is 5. The fourth-order valence-electron chi connectivity index (χ4n) is 4.17. The molecule has 0 saturated heterocycles. The van der Waals surface area contributed by atoms with E-state index in [-0.39, 0.29) is 17.0 Å². The number of H-pyrrole nitrogens is 1.